The molecule has 5 heteroatoms. The molecular formula is C17H28N4O. The Morgan fingerprint density at radius 3 is 2.82 bits per heavy atom. The number of hydrogen-bond acceptors (Lipinski definition) is 5. The summed E-state index contributed by atoms with van der Waals surface area (Å²) in [7, 11) is 0. The van der Waals surface area contributed by atoms with Gasteiger partial charge in [-0.05, 0) is 44.6 Å². The van der Waals surface area contributed by atoms with Crippen LogP contribution >= 0.6 is 0 Å². The Morgan fingerprint density at radius 1 is 1.27 bits per heavy atom. The van der Waals surface area contributed by atoms with Gasteiger partial charge in [-0.15, -0.1) is 0 Å². The Labute approximate surface area is 133 Å². The van der Waals surface area contributed by atoms with Crippen molar-refractivity contribution in [2.45, 2.75) is 64.0 Å². The molecule has 0 spiro atoms. The number of hydrogen-bond donors (Lipinski definition) is 0. The molecule has 1 aromatic heterocycles. The van der Waals surface area contributed by atoms with Crippen LogP contribution in [0.4, 0.5) is 0 Å². The van der Waals surface area contributed by atoms with Crippen LogP contribution in [0.25, 0.3) is 0 Å². The van der Waals surface area contributed by atoms with Crippen molar-refractivity contribution in [3.63, 3.8) is 0 Å². The molecule has 0 radical (unpaired) electrons. The molecular weight excluding hydrogens is 276 g/mol. The Balaban J connectivity index is 1.27. The summed E-state index contributed by atoms with van der Waals surface area (Å²) in [6.07, 6.45) is 8.08. The third kappa shape index (κ3) is 2.93. The van der Waals surface area contributed by atoms with Gasteiger partial charge < -0.3 is 4.52 Å². The van der Waals surface area contributed by atoms with Crippen molar-refractivity contribution in [1.29, 1.82) is 0 Å². The van der Waals surface area contributed by atoms with E-state index in [2.05, 4.69) is 26.9 Å². The van der Waals surface area contributed by atoms with E-state index in [0.29, 0.717) is 5.92 Å². The van der Waals surface area contributed by atoms with Crippen LogP contribution in [0.5, 0.6) is 0 Å². The predicted octanol–water partition coefficient (Wildman–Crippen LogP) is 2.64. The summed E-state index contributed by atoms with van der Waals surface area (Å²) in [5.74, 6) is 3.26. The molecule has 1 aliphatic heterocycles. The number of aromatic nitrogens is 2. The third-order valence-electron chi connectivity index (χ3n) is 5.98. The van der Waals surface area contributed by atoms with Crippen LogP contribution in [-0.2, 0) is 6.54 Å². The summed E-state index contributed by atoms with van der Waals surface area (Å²) in [6.45, 7) is 7.75. The van der Waals surface area contributed by atoms with Crippen LogP contribution in [-0.4, -0.2) is 52.2 Å². The van der Waals surface area contributed by atoms with E-state index < -0.39 is 0 Å². The molecule has 2 atom stereocenters. The lowest BCUT2D eigenvalue weighted by molar-refractivity contribution is 0.169. The highest BCUT2D eigenvalue weighted by atomic mass is 16.5. The minimum absolute atomic E-state index is 0.538. The highest BCUT2D eigenvalue weighted by Crippen LogP contribution is 2.37. The standard InChI is InChI=1S/C17H28N4O/c1-2-20(8-9-21-11-13-6-7-15(21)10-13)12-16-18-17(22-19-16)14-4-3-5-14/h13-15H,2-12H2,1H3/t13-,15+/m1/s1. The van der Waals surface area contributed by atoms with E-state index in [0.717, 1.165) is 43.3 Å². The van der Waals surface area contributed by atoms with Gasteiger partial charge in [0.25, 0.3) is 0 Å². The van der Waals surface area contributed by atoms with Crippen molar-refractivity contribution >= 4 is 0 Å². The number of fused-ring (bicyclic) bond motifs is 2. The zero-order chi connectivity index (χ0) is 14.9. The van der Waals surface area contributed by atoms with E-state index in [1.807, 2.05) is 0 Å². The largest absolute Gasteiger partial charge is 0.339 e. The SMILES string of the molecule is CCN(CCN1C[C@@H]2CC[C@H]1C2)Cc1noc(C2CCC2)n1. The molecule has 0 unspecified atom stereocenters. The molecule has 3 fully saturated rings. The monoisotopic (exact) mass is 304 g/mol. The molecule has 1 saturated heterocycles. The first-order valence-corrected chi connectivity index (χ1v) is 9.10. The van der Waals surface area contributed by atoms with Crippen molar-refractivity contribution in [3.05, 3.63) is 11.7 Å². The fraction of sp³-hybridized carbons (Fsp3) is 0.882. The zero-order valence-electron chi connectivity index (χ0n) is 13.7. The first-order chi connectivity index (χ1) is 10.8. The van der Waals surface area contributed by atoms with Crippen molar-refractivity contribution in [1.82, 2.24) is 19.9 Å². The number of likely N-dealkylation sites (N-methyl/N-ethyl adjacent to an activating group) is 1. The molecule has 122 valence electrons. The maximum absolute atomic E-state index is 5.43. The Kier molecular flexibility index (Phi) is 4.18. The second-order valence-corrected chi connectivity index (χ2v) is 7.37. The minimum Gasteiger partial charge on any atom is -0.339 e. The van der Waals surface area contributed by atoms with Crippen molar-refractivity contribution in [2.24, 2.45) is 5.92 Å². The van der Waals surface area contributed by atoms with Gasteiger partial charge in [0.1, 0.15) is 0 Å². The summed E-state index contributed by atoms with van der Waals surface area (Å²) in [5, 5.41) is 4.18. The van der Waals surface area contributed by atoms with Crippen LogP contribution < -0.4 is 0 Å². The van der Waals surface area contributed by atoms with Gasteiger partial charge >= 0.3 is 0 Å². The van der Waals surface area contributed by atoms with Gasteiger partial charge in [0.2, 0.25) is 5.89 Å². The van der Waals surface area contributed by atoms with Crippen LogP contribution in [0.2, 0.25) is 0 Å². The molecule has 5 nitrogen and oxygen atoms in total. The summed E-state index contributed by atoms with van der Waals surface area (Å²) in [4.78, 5) is 9.75. The minimum atomic E-state index is 0.538. The molecule has 2 heterocycles. The second kappa shape index (κ2) is 6.28. The average molecular weight is 304 g/mol. The van der Waals surface area contributed by atoms with Gasteiger partial charge in [0, 0.05) is 31.6 Å². The lowest BCUT2D eigenvalue weighted by atomic mass is 9.85. The molecule has 2 saturated carbocycles. The van der Waals surface area contributed by atoms with Gasteiger partial charge in [0.15, 0.2) is 5.82 Å². The maximum atomic E-state index is 5.43. The normalized spacial score (nSPS) is 28.6. The highest BCUT2D eigenvalue weighted by Gasteiger charge is 2.37. The molecule has 0 aromatic carbocycles. The Morgan fingerprint density at radius 2 is 2.18 bits per heavy atom. The van der Waals surface area contributed by atoms with Crippen molar-refractivity contribution < 1.29 is 4.52 Å². The van der Waals surface area contributed by atoms with E-state index >= 15 is 0 Å². The highest BCUT2D eigenvalue weighted by molar-refractivity contribution is 4.98. The fourth-order valence-corrected chi connectivity index (χ4v) is 4.27. The maximum Gasteiger partial charge on any atom is 0.229 e. The lowest BCUT2D eigenvalue weighted by Gasteiger charge is -2.29. The van der Waals surface area contributed by atoms with Gasteiger partial charge in [-0.1, -0.05) is 18.5 Å². The van der Waals surface area contributed by atoms with Crippen LogP contribution in [0.1, 0.15) is 63.1 Å². The number of rotatable bonds is 7. The van der Waals surface area contributed by atoms with Gasteiger partial charge in [-0.25, -0.2) is 0 Å². The predicted molar refractivity (Wildman–Crippen MR) is 84.5 cm³/mol. The number of nitrogens with zero attached hydrogens (tertiary/aromatic N) is 4. The first kappa shape index (κ1) is 14.6. The molecule has 1 aromatic rings. The number of likely N-dealkylation sites (tertiary alicyclic amines) is 1. The summed E-state index contributed by atoms with van der Waals surface area (Å²) >= 11 is 0. The summed E-state index contributed by atoms with van der Waals surface area (Å²) in [6, 6.07) is 0.874. The topological polar surface area (TPSA) is 45.4 Å². The molecule has 2 aliphatic carbocycles. The Hall–Kier alpha value is -0.940. The summed E-state index contributed by atoms with van der Waals surface area (Å²) < 4.78 is 5.43. The molecule has 3 aliphatic rings. The van der Waals surface area contributed by atoms with E-state index in [1.54, 1.807) is 0 Å². The smallest absolute Gasteiger partial charge is 0.229 e. The number of piperidine rings is 1. The molecule has 22 heavy (non-hydrogen) atoms. The quantitative estimate of drug-likeness (QED) is 0.775. The zero-order valence-corrected chi connectivity index (χ0v) is 13.7. The first-order valence-electron chi connectivity index (χ1n) is 9.10. The molecule has 2 bridgehead atoms. The van der Waals surface area contributed by atoms with Gasteiger partial charge in [0.05, 0.1) is 6.54 Å². The van der Waals surface area contributed by atoms with E-state index in [4.69, 9.17) is 4.52 Å². The van der Waals surface area contributed by atoms with Gasteiger partial charge in [-0.2, -0.15) is 4.98 Å². The second-order valence-electron chi connectivity index (χ2n) is 7.37. The molecule has 0 N–H and O–H groups in total. The summed E-state index contributed by atoms with van der Waals surface area (Å²) in [5.41, 5.74) is 0. The lowest BCUT2D eigenvalue weighted by Crippen LogP contribution is -2.39. The fourth-order valence-electron chi connectivity index (χ4n) is 4.27. The van der Waals surface area contributed by atoms with Gasteiger partial charge in [-0.3, -0.25) is 9.80 Å². The molecule has 4 rings (SSSR count). The van der Waals surface area contributed by atoms with Crippen LogP contribution in [0.15, 0.2) is 4.52 Å². The van der Waals surface area contributed by atoms with Crippen molar-refractivity contribution in [2.75, 3.05) is 26.2 Å². The van der Waals surface area contributed by atoms with E-state index in [9.17, 15) is 0 Å². The molecule has 0 amide bonds. The van der Waals surface area contributed by atoms with Crippen LogP contribution in [0, 0.1) is 5.92 Å². The average Bonchev–Trinajstić information content (AvgIpc) is 3.18. The van der Waals surface area contributed by atoms with Crippen LogP contribution in [0.3, 0.4) is 0 Å². The van der Waals surface area contributed by atoms with E-state index in [-0.39, 0.29) is 0 Å². The van der Waals surface area contributed by atoms with E-state index in [1.165, 1.54) is 51.6 Å². The van der Waals surface area contributed by atoms with Crippen molar-refractivity contribution in [3.8, 4) is 0 Å². The Bertz CT molecular complexity index is 499. The third-order valence-corrected chi connectivity index (χ3v) is 5.98.